The van der Waals surface area contributed by atoms with Crippen LogP contribution in [0, 0.1) is 0 Å². The number of halogens is 1. The second-order valence-electron chi connectivity index (χ2n) is 4.13. The zero-order chi connectivity index (χ0) is 13.8. The third kappa shape index (κ3) is 2.93. The van der Waals surface area contributed by atoms with Gasteiger partial charge in [0.25, 0.3) is 0 Å². The van der Waals surface area contributed by atoms with Gasteiger partial charge in [-0.05, 0) is 22.4 Å². The van der Waals surface area contributed by atoms with Gasteiger partial charge >= 0.3 is 0 Å². The molecule has 0 aliphatic rings. The summed E-state index contributed by atoms with van der Waals surface area (Å²) in [6, 6.07) is 9.88. The van der Waals surface area contributed by atoms with Gasteiger partial charge in [0.2, 0.25) is 0 Å². The average molecular weight is 322 g/mol. The van der Waals surface area contributed by atoms with E-state index in [1.165, 1.54) is 0 Å². The van der Waals surface area contributed by atoms with Crippen LogP contribution < -0.4 is 5.73 Å². The van der Waals surface area contributed by atoms with Crippen LogP contribution in [0.1, 0.15) is 25.3 Å². The number of methoxy groups -OCH3 is 1. The molecule has 0 saturated carbocycles. The first-order valence-electron chi connectivity index (χ1n) is 6.08. The molecule has 2 N–H and O–H groups in total. The molecule has 1 unspecified atom stereocenters. The number of benzene rings is 1. The Morgan fingerprint density at radius 3 is 2.53 bits per heavy atom. The van der Waals surface area contributed by atoms with Gasteiger partial charge in [0.1, 0.15) is 11.9 Å². The lowest BCUT2D eigenvalue weighted by Gasteiger charge is -2.14. The first kappa shape index (κ1) is 14.0. The Bertz CT molecular complexity index is 556. The fourth-order valence-electron chi connectivity index (χ4n) is 1.87. The van der Waals surface area contributed by atoms with Crippen LogP contribution in [0.4, 0.5) is 5.82 Å². The molecule has 0 radical (unpaired) electrons. The Kier molecular flexibility index (Phi) is 4.50. The molecule has 0 aliphatic carbocycles. The van der Waals surface area contributed by atoms with Crippen molar-refractivity contribution >= 4 is 21.7 Å². The Morgan fingerprint density at radius 2 is 1.95 bits per heavy atom. The van der Waals surface area contributed by atoms with Crippen molar-refractivity contribution in [1.82, 2.24) is 9.97 Å². The van der Waals surface area contributed by atoms with E-state index in [0.29, 0.717) is 16.1 Å². The third-order valence-corrected chi connectivity index (χ3v) is 3.67. The Hall–Kier alpha value is -1.46. The van der Waals surface area contributed by atoms with Crippen molar-refractivity contribution in [3.63, 3.8) is 0 Å². The van der Waals surface area contributed by atoms with Crippen LogP contribution in [0.5, 0.6) is 0 Å². The molecule has 4 nitrogen and oxygen atoms in total. The van der Waals surface area contributed by atoms with Gasteiger partial charge in [-0.1, -0.05) is 37.3 Å². The highest BCUT2D eigenvalue weighted by Crippen LogP contribution is 2.31. The molecule has 100 valence electrons. The SMILES string of the molecule is CCC(OC)c1nc(N)c(Br)c(-c2ccccc2)n1. The molecule has 0 fully saturated rings. The molecule has 1 aromatic carbocycles. The van der Waals surface area contributed by atoms with Crippen molar-refractivity contribution in [1.29, 1.82) is 0 Å². The Balaban J connectivity index is 2.55. The van der Waals surface area contributed by atoms with Gasteiger partial charge in [-0.3, -0.25) is 0 Å². The Labute approximate surface area is 121 Å². The minimum atomic E-state index is -0.141. The topological polar surface area (TPSA) is 61.0 Å². The summed E-state index contributed by atoms with van der Waals surface area (Å²) in [5.41, 5.74) is 7.74. The summed E-state index contributed by atoms with van der Waals surface area (Å²) < 4.78 is 6.09. The minimum absolute atomic E-state index is 0.141. The molecule has 2 aromatic rings. The highest BCUT2D eigenvalue weighted by Gasteiger charge is 2.17. The summed E-state index contributed by atoms with van der Waals surface area (Å²) in [4.78, 5) is 8.88. The van der Waals surface area contributed by atoms with E-state index in [9.17, 15) is 0 Å². The summed E-state index contributed by atoms with van der Waals surface area (Å²) >= 11 is 3.45. The van der Waals surface area contributed by atoms with Crippen molar-refractivity contribution in [3.8, 4) is 11.3 Å². The monoisotopic (exact) mass is 321 g/mol. The van der Waals surface area contributed by atoms with E-state index in [1.807, 2.05) is 37.3 Å². The number of rotatable bonds is 4. The Morgan fingerprint density at radius 1 is 1.26 bits per heavy atom. The normalized spacial score (nSPS) is 12.4. The largest absolute Gasteiger partial charge is 0.383 e. The van der Waals surface area contributed by atoms with E-state index < -0.39 is 0 Å². The zero-order valence-electron chi connectivity index (χ0n) is 10.9. The van der Waals surface area contributed by atoms with Crippen LogP contribution in [-0.4, -0.2) is 17.1 Å². The number of hydrogen-bond acceptors (Lipinski definition) is 4. The lowest BCUT2D eigenvalue weighted by molar-refractivity contribution is 0.0928. The first-order chi connectivity index (χ1) is 9.17. The van der Waals surface area contributed by atoms with E-state index >= 15 is 0 Å². The fourth-order valence-corrected chi connectivity index (χ4v) is 2.27. The van der Waals surface area contributed by atoms with Gasteiger partial charge in [-0.25, -0.2) is 9.97 Å². The second kappa shape index (κ2) is 6.12. The molecule has 1 atom stereocenters. The van der Waals surface area contributed by atoms with Crippen molar-refractivity contribution in [3.05, 3.63) is 40.6 Å². The van der Waals surface area contributed by atoms with E-state index in [0.717, 1.165) is 17.7 Å². The van der Waals surface area contributed by atoms with Crippen LogP contribution in [0.3, 0.4) is 0 Å². The number of hydrogen-bond donors (Lipinski definition) is 1. The number of nitrogens with two attached hydrogens (primary N) is 1. The summed E-state index contributed by atoms with van der Waals surface area (Å²) in [5, 5.41) is 0. The van der Waals surface area contributed by atoms with Crippen LogP contribution >= 0.6 is 15.9 Å². The van der Waals surface area contributed by atoms with E-state index in [-0.39, 0.29) is 6.10 Å². The molecule has 2 rings (SSSR count). The summed E-state index contributed by atoms with van der Waals surface area (Å²) in [5.74, 6) is 1.05. The minimum Gasteiger partial charge on any atom is -0.383 e. The fraction of sp³-hybridized carbons (Fsp3) is 0.286. The summed E-state index contributed by atoms with van der Waals surface area (Å²) in [6.45, 7) is 2.03. The molecule has 0 amide bonds. The average Bonchev–Trinajstić information content (AvgIpc) is 2.44. The van der Waals surface area contributed by atoms with Crippen molar-refractivity contribution in [2.24, 2.45) is 0 Å². The van der Waals surface area contributed by atoms with Gasteiger partial charge in [0.05, 0.1) is 10.2 Å². The van der Waals surface area contributed by atoms with Gasteiger partial charge in [-0.15, -0.1) is 0 Å². The number of aromatic nitrogens is 2. The maximum absolute atomic E-state index is 5.95. The quantitative estimate of drug-likeness (QED) is 0.934. The molecule has 5 heteroatoms. The smallest absolute Gasteiger partial charge is 0.160 e. The van der Waals surface area contributed by atoms with Gasteiger partial charge < -0.3 is 10.5 Å². The molecular formula is C14H16BrN3O. The molecule has 1 heterocycles. The maximum Gasteiger partial charge on any atom is 0.160 e. The maximum atomic E-state index is 5.95. The lowest BCUT2D eigenvalue weighted by atomic mass is 10.1. The van der Waals surface area contributed by atoms with Gasteiger partial charge in [0, 0.05) is 12.7 Å². The molecule has 0 saturated heterocycles. The molecule has 1 aromatic heterocycles. The zero-order valence-corrected chi connectivity index (χ0v) is 12.5. The van der Waals surface area contributed by atoms with Gasteiger partial charge in [0.15, 0.2) is 5.82 Å². The van der Waals surface area contributed by atoms with Crippen LogP contribution in [0.25, 0.3) is 11.3 Å². The van der Waals surface area contributed by atoms with E-state index in [2.05, 4.69) is 25.9 Å². The van der Waals surface area contributed by atoms with Crippen LogP contribution in [-0.2, 0) is 4.74 Å². The first-order valence-corrected chi connectivity index (χ1v) is 6.87. The van der Waals surface area contributed by atoms with Crippen molar-refractivity contribution in [2.45, 2.75) is 19.4 Å². The number of ether oxygens (including phenoxy) is 1. The number of anilines is 1. The van der Waals surface area contributed by atoms with Crippen LogP contribution in [0.2, 0.25) is 0 Å². The number of nitrogens with zero attached hydrogens (tertiary/aromatic N) is 2. The van der Waals surface area contributed by atoms with Crippen molar-refractivity contribution in [2.75, 3.05) is 12.8 Å². The molecule has 0 spiro atoms. The summed E-state index contributed by atoms with van der Waals surface area (Å²) in [6.07, 6.45) is 0.657. The van der Waals surface area contributed by atoms with E-state index in [1.54, 1.807) is 7.11 Å². The standard InChI is InChI=1S/C14H16BrN3O/c1-3-10(19-2)14-17-12(11(15)13(16)18-14)9-7-5-4-6-8-9/h4-8,10H,3H2,1-2H3,(H2,16,17,18). The second-order valence-corrected chi connectivity index (χ2v) is 4.92. The van der Waals surface area contributed by atoms with Gasteiger partial charge in [-0.2, -0.15) is 0 Å². The predicted octanol–water partition coefficient (Wildman–Crippen LogP) is 3.59. The van der Waals surface area contributed by atoms with E-state index in [4.69, 9.17) is 10.5 Å². The molecule has 0 bridgehead atoms. The van der Waals surface area contributed by atoms with Crippen LogP contribution in [0.15, 0.2) is 34.8 Å². The summed E-state index contributed by atoms with van der Waals surface area (Å²) in [7, 11) is 1.65. The highest BCUT2D eigenvalue weighted by atomic mass is 79.9. The third-order valence-electron chi connectivity index (χ3n) is 2.88. The molecule has 19 heavy (non-hydrogen) atoms. The highest BCUT2D eigenvalue weighted by molar-refractivity contribution is 9.10. The molecule has 0 aliphatic heterocycles. The predicted molar refractivity (Wildman–Crippen MR) is 79.6 cm³/mol. The number of nitrogen functional groups attached to an aromatic ring is 1. The lowest BCUT2D eigenvalue weighted by Crippen LogP contribution is -2.09. The molecular weight excluding hydrogens is 306 g/mol. The van der Waals surface area contributed by atoms with Crippen molar-refractivity contribution < 1.29 is 4.74 Å².